The predicted molar refractivity (Wildman–Crippen MR) is 462 cm³/mol. The summed E-state index contributed by atoms with van der Waals surface area (Å²) in [7, 11) is -25.0. The summed E-state index contributed by atoms with van der Waals surface area (Å²) in [5, 5.41) is 196. The quantitative estimate of drug-likeness (QED) is 0.0299. The summed E-state index contributed by atoms with van der Waals surface area (Å²) in [4.78, 5) is -1.91. The zero-order chi connectivity index (χ0) is 101. The smallest absolute Gasteiger partial charge is 0.297 e. The van der Waals surface area contributed by atoms with E-state index in [0.29, 0.717) is 27.8 Å². The van der Waals surface area contributed by atoms with Crippen LogP contribution < -0.4 is 0 Å². The predicted octanol–water partition coefficient (Wildman–Crippen LogP) is -3.54. The Balaban J connectivity index is 0.921. The zero-order valence-corrected chi connectivity index (χ0v) is 81.0. The Morgan fingerprint density at radius 2 is 0.314 bits per heavy atom. The molecule has 0 saturated carbocycles. The molecule has 14 bridgehead atoms. The van der Waals surface area contributed by atoms with Gasteiger partial charge in [-0.1, -0.05) is 88.5 Å². The van der Waals surface area contributed by atoms with Gasteiger partial charge >= 0.3 is 0 Å². The van der Waals surface area contributed by atoms with Crippen LogP contribution in [-0.4, -0.2) is 385 Å². The summed E-state index contributed by atoms with van der Waals surface area (Å²) in [5.74, 6) is 0. The van der Waals surface area contributed by atoms with Crippen LogP contribution in [0.15, 0.2) is 85.1 Å². The molecule has 21 fully saturated rings. The number of aliphatic hydroxyl groups is 16. The van der Waals surface area contributed by atoms with E-state index in [1.54, 1.807) is 34.6 Å². The van der Waals surface area contributed by atoms with Crippen LogP contribution in [0.1, 0.15) is 83.5 Å². The van der Waals surface area contributed by atoms with Gasteiger partial charge in [0.1, 0.15) is 171 Å². The normalized spacial score (nSPS) is 36.9. The van der Waals surface area contributed by atoms with Crippen molar-refractivity contribution in [3.63, 3.8) is 0 Å². The van der Waals surface area contributed by atoms with Crippen molar-refractivity contribution in [3.8, 4) is 0 Å². The van der Waals surface area contributed by atoms with Crippen LogP contribution in [0.3, 0.4) is 0 Å². The van der Waals surface area contributed by atoms with Crippen molar-refractivity contribution >= 4 is 50.6 Å². The number of ether oxygens (including phenoxy) is 14. The summed E-state index contributed by atoms with van der Waals surface area (Å²) < 4.78 is 260. The van der Waals surface area contributed by atoms with Crippen LogP contribution in [0, 0.1) is 104 Å². The topological polar surface area (TPSA) is 670 Å². The van der Waals surface area contributed by atoms with Crippen LogP contribution in [-0.2, 0) is 138 Å². The van der Waals surface area contributed by atoms with Gasteiger partial charge in [0.05, 0.1) is 70.7 Å². The molecule has 26 rings (SSSR count). The molecule has 21 aliphatic rings. The molecular formula is C87H120O45S5. The molecule has 5 aromatic rings. The summed E-state index contributed by atoms with van der Waals surface area (Å²) in [6.07, 6.45) is -84.3. The molecule has 0 radical (unpaired) electrons. The lowest BCUT2D eigenvalue weighted by molar-refractivity contribution is -0.396. The van der Waals surface area contributed by atoms with Crippen molar-refractivity contribution in [2.45, 2.75) is 343 Å². The Hall–Kier alpha value is -5.55. The van der Waals surface area contributed by atoms with Gasteiger partial charge in [0.25, 0.3) is 50.6 Å². The highest BCUT2D eigenvalue weighted by Crippen LogP contribution is 2.43. The van der Waals surface area contributed by atoms with E-state index in [4.69, 9.17) is 87.2 Å². The number of benzene rings is 5. The lowest BCUT2D eigenvalue weighted by Crippen LogP contribution is -2.68. The number of rotatable bonds is 22. The van der Waals surface area contributed by atoms with E-state index < -0.39 is 322 Å². The second-order valence-electron chi connectivity index (χ2n) is 36.1. The first-order valence-corrected chi connectivity index (χ1v) is 50.8. The van der Waals surface area contributed by atoms with E-state index in [0.717, 1.165) is 0 Å². The molecule has 768 valence electrons. The molecule has 5 aromatic carbocycles. The minimum Gasteiger partial charge on any atom is -0.394 e. The fourth-order valence-electron chi connectivity index (χ4n) is 19.2. The number of aryl methyl sites for hydroxylation is 15. The molecule has 0 amide bonds. The van der Waals surface area contributed by atoms with Crippen LogP contribution in [0.2, 0.25) is 0 Å². The Bertz CT molecular complexity index is 5440. The molecule has 137 heavy (non-hydrogen) atoms. The van der Waals surface area contributed by atoms with Crippen molar-refractivity contribution in [1.29, 1.82) is 0 Å². The fraction of sp³-hybridized carbons (Fsp3) is 0.655. The second-order valence-corrected chi connectivity index (χ2v) is 43.8. The van der Waals surface area contributed by atoms with Gasteiger partial charge in [-0.05, 0) is 159 Å². The van der Waals surface area contributed by atoms with E-state index in [9.17, 15) is 124 Å². The first kappa shape index (κ1) is 109. The van der Waals surface area contributed by atoms with Crippen LogP contribution in [0.25, 0.3) is 0 Å². The Morgan fingerprint density at radius 3 is 0.438 bits per heavy atom. The van der Waals surface area contributed by atoms with Crippen molar-refractivity contribution in [1.82, 2.24) is 0 Å². The highest BCUT2D eigenvalue weighted by Gasteiger charge is 2.61. The zero-order valence-electron chi connectivity index (χ0n) is 77.0. The Labute approximate surface area is 790 Å². The maximum Gasteiger partial charge on any atom is 0.297 e. The highest BCUT2D eigenvalue weighted by molar-refractivity contribution is 7.88. The van der Waals surface area contributed by atoms with Crippen LogP contribution >= 0.6 is 0 Å². The minimum absolute atomic E-state index is 0.142. The largest absolute Gasteiger partial charge is 0.394 e. The number of aliphatic hydroxyl groups excluding tert-OH is 16. The van der Waals surface area contributed by atoms with Crippen molar-refractivity contribution in [2.24, 2.45) is 0 Å². The Kier molecular flexibility index (Phi) is 34.1. The lowest BCUT2D eigenvalue weighted by atomic mass is 9.95. The summed E-state index contributed by atoms with van der Waals surface area (Å²) in [6, 6.07) is 15.0. The molecule has 50 heteroatoms. The van der Waals surface area contributed by atoms with E-state index in [1.165, 1.54) is 130 Å². The van der Waals surface area contributed by atoms with Gasteiger partial charge in [0.15, 0.2) is 44.0 Å². The van der Waals surface area contributed by atoms with Crippen molar-refractivity contribution < 1.29 is 211 Å². The lowest BCUT2D eigenvalue weighted by Gasteiger charge is -2.50. The SMILES string of the molecule is Cc1cc(C)c(S(=O)(=O)OC[C@H]2O[C@@H]3O[C@H]4[C@H](O)[C@@H](O)[C@@H](O[C@H]5[C@H](O)[C@@H](O)[C@@H](O[C@H]6[C@H](O)[C@@H](O)[C@@H](O[C@H]7[C@H](O)[C@@H](O)[C@@H](O[C@H]8[C@H](O)[C@@H](O)[C@@H](O[C@H]9[C@H](O)[C@@H](O)[C@@H](O[C@H]2[C@H](O)[C@H]3O)O[C@@H]9CO)O[C@@H]8COS(=O)(=O)c2c(C)cc(C)cc2C)O[C@@H]7COS(=O)(=O)c2c(C)cc(C)cc2C)O[C@@H]6COS(=O)(=O)c2c(C)cc(C)cc2C)O[C@@H]5COS(=O)(=O)c2c(C)cc(C)cc2C)O[C@@H]4CO)c(C)c1. The highest BCUT2D eigenvalue weighted by atomic mass is 32.2. The molecule has 0 unspecified atom stereocenters. The van der Waals surface area contributed by atoms with Gasteiger partial charge in [-0.2, -0.15) is 42.1 Å². The molecule has 0 spiro atoms. The molecule has 45 nitrogen and oxygen atoms in total. The van der Waals surface area contributed by atoms with Crippen LogP contribution in [0.4, 0.5) is 0 Å². The van der Waals surface area contributed by atoms with Gasteiger partial charge in [-0.3, -0.25) is 20.9 Å². The van der Waals surface area contributed by atoms with E-state index in [1.807, 2.05) is 0 Å². The van der Waals surface area contributed by atoms with Gasteiger partial charge in [0, 0.05) is 0 Å². The minimum atomic E-state index is -5.04. The maximum absolute atomic E-state index is 14.6. The van der Waals surface area contributed by atoms with E-state index in [2.05, 4.69) is 0 Å². The maximum atomic E-state index is 14.6. The second kappa shape index (κ2) is 43.0. The third-order valence-corrected chi connectivity index (χ3v) is 33.0. The average Bonchev–Trinajstić information content (AvgIpc) is 0.883. The van der Waals surface area contributed by atoms with Gasteiger partial charge in [-0.15, -0.1) is 0 Å². The molecular weight excluding hydrogens is 1930 g/mol. The first-order valence-electron chi connectivity index (χ1n) is 43.8. The first-order chi connectivity index (χ1) is 64.0. The number of hydrogen-bond acceptors (Lipinski definition) is 45. The fourth-order valence-corrected chi connectivity index (χ4v) is 25.9. The van der Waals surface area contributed by atoms with Gasteiger partial charge in [-0.25, -0.2) is 0 Å². The average molecular weight is 2050 g/mol. The third-order valence-electron chi connectivity index (χ3n) is 25.1. The molecule has 21 saturated heterocycles. The molecule has 21 heterocycles. The summed E-state index contributed by atoms with van der Waals surface area (Å²) >= 11 is 0. The molecule has 0 aliphatic carbocycles. The standard InChI is InChI=1S/C87H120O45S5/c1-33-16-38(6)76(39(7)17-33)133(104,105)114-28-50-71-57(92)64(99)83(121-50)126-69-48(26-88)120-82(63(98)56(69)91)129-72-51(29-115-134(106,107)77-40(8)18-34(2)19-41(77)9)123-85(66(101)59(72)94)131-74-53(31-117-136(110,111)79-44(12)22-36(4)23-45(79)13)125-87(68(103)61(74)96)132-75-54(32-118-137(112,113)80-46(14)24-37(5)25-47(80)15)124-86(67(102)60(75)95)130-73-52(30-116-135(108,109)78-42(10)20-35(3)21-43(78)11)122-84(65(100)58(73)93)127-70-49(27-89)119-81(128-71)62(97)55(70)90/h16-25,48-75,81-103H,26-32H2,1-15H3/t48-,49-,50-,51-,52-,53-,54-,55-,56-,57-,58-,59-,60-,61-,62-,63-,64-,65-,66-,67-,68-,69-,70-,71-,72-,73-,74-,75-,81-,82-,83-,84-,85-,86-,87-/m1/s1. The van der Waals surface area contributed by atoms with E-state index in [-0.39, 0.29) is 70.3 Å². The van der Waals surface area contributed by atoms with Crippen LogP contribution in [0.5, 0.6) is 0 Å². The summed E-state index contributed by atoms with van der Waals surface area (Å²) in [5.41, 5.74) is 4.62. The number of hydrogen-bond donors (Lipinski definition) is 16. The molecule has 16 N–H and O–H groups in total. The van der Waals surface area contributed by atoms with Gasteiger partial charge in [0.2, 0.25) is 0 Å². The Morgan fingerprint density at radius 1 is 0.197 bits per heavy atom. The third kappa shape index (κ3) is 22.9. The molecule has 21 aliphatic heterocycles. The van der Waals surface area contributed by atoms with Crippen molar-refractivity contribution in [3.05, 3.63) is 144 Å². The van der Waals surface area contributed by atoms with Crippen molar-refractivity contribution in [2.75, 3.05) is 46.2 Å². The van der Waals surface area contributed by atoms with Gasteiger partial charge < -0.3 is 148 Å². The molecule has 0 aromatic heterocycles. The van der Waals surface area contributed by atoms with E-state index >= 15 is 0 Å². The summed E-state index contributed by atoms with van der Waals surface area (Å²) in [6.45, 7) is 13.6. The monoisotopic (exact) mass is 2040 g/mol. The molecule has 35 atom stereocenters.